The Bertz CT molecular complexity index is 241. The Hall–Kier alpha value is -1.27. The Labute approximate surface area is 72.0 Å². The first-order valence-corrected chi connectivity index (χ1v) is 3.66. The van der Waals surface area contributed by atoms with Gasteiger partial charge in [-0.15, -0.1) is 13.0 Å². The third-order valence-corrected chi connectivity index (χ3v) is 1.90. The Kier molecular flexibility index (Phi) is 2.51. The molecule has 0 N–H and O–H groups in total. The Balaban J connectivity index is 2.63. The summed E-state index contributed by atoms with van der Waals surface area (Å²) in [4.78, 5) is 12.8. The highest BCUT2D eigenvalue weighted by molar-refractivity contribution is 5.89. The minimum absolute atomic E-state index is 0.0552. The zero-order chi connectivity index (χ0) is 9.14. The Morgan fingerprint density at radius 3 is 3.00 bits per heavy atom. The molecule has 64 valence electrons. The second-order valence-corrected chi connectivity index (χ2v) is 2.55. The molecule has 0 aromatic carbocycles. The molecule has 0 aromatic rings. The first kappa shape index (κ1) is 8.82. The quantitative estimate of drug-likeness (QED) is 0.335. The SMILES string of the molecule is C#C[C@@H]1[C@H](OC)C(=O)N1CC=C. The van der Waals surface area contributed by atoms with Crippen molar-refractivity contribution in [2.75, 3.05) is 13.7 Å². The number of methoxy groups -OCH3 is 1. The third kappa shape index (κ3) is 1.10. The van der Waals surface area contributed by atoms with Crippen molar-refractivity contribution >= 4 is 5.91 Å². The summed E-state index contributed by atoms with van der Waals surface area (Å²) in [5, 5.41) is 0. The number of hydrogen-bond donors (Lipinski definition) is 0. The lowest BCUT2D eigenvalue weighted by molar-refractivity contribution is -0.163. The van der Waals surface area contributed by atoms with Crippen LogP contribution in [0, 0.1) is 12.3 Å². The van der Waals surface area contributed by atoms with Crippen LogP contribution in [0.4, 0.5) is 0 Å². The van der Waals surface area contributed by atoms with Crippen LogP contribution in [0.15, 0.2) is 12.7 Å². The number of likely N-dealkylation sites (tertiary alicyclic amines) is 1. The van der Waals surface area contributed by atoms with Gasteiger partial charge in [0.15, 0.2) is 6.10 Å². The molecular weight excluding hydrogens is 154 g/mol. The van der Waals surface area contributed by atoms with Crippen molar-refractivity contribution in [1.82, 2.24) is 4.90 Å². The summed E-state index contributed by atoms with van der Waals surface area (Å²) in [7, 11) is 1.48. The number of rotatable bonds is 3. The second-order valence-electron chi connectivity index (χ2n) is 2.55. The van der Waals surface area contributed by atoms with E-state index in [-0.39, 0.29) is 11.9 Å². The molecule has 1 saturated heterocycles. The summed E-state index contributed by atoms with van der Waals surface area (Å²) in [6.45, 7) is 4.03. The maximum atomic E-state index is 11.2. The van der Waals surface area contributed by atoms with Crippen LogP contribution < -0.4 is 0 Å². The molecule has 1 amide bonds. The minimum atomic E-state index is -0.449. The number of terminal acetylenes is 1. The van der Waals surface area contributed by atoms with Crippen LogP contribution in [0.2, 0.25) is 0 Å². The van der Waals surface area contributed by atoms with Crippen LogP contribution in [0.5, 0.6) is 0 Å². The molecule has 0 radical (unpaired) electrons. The first-order valence-electron chi connectivity index (χ1n) is 3.66. The molecule has 1 aliphatic heterocycles. The van der Waals surface area contributed by atoms with E-state index in [0.29, 0.717) is 6.54 Å². The van der Waals surface area contributed by atoms with Crippen LogP contribution in [0.3, 0.4) is 0 Å². The number of amides is 1. The van der Waals surface area contributed by atoms with E-state index >= 15 is 0 Å². The number of nitrogens with zero attached hydrogens (tertiary/aromatic N) is 1. The van der Waals surface area contributed by atoms with Gasteiger partial charge in [-0.05, 0) is 0 Å². The molecule has 3 heteroatoms. The largest absolute Gasteiger partial charge is 0.368 e. The van der Waals surface area contributed by atoms with Crippen molar-refractivity contribution in [1.29, 1.82) is 0 Å². The third-order valence-electron chi connectivity index (χ3n) is 1.90. The van der Waals surface area contributed by atoms with Gasteiger partial charge in [0, 0.05) is 13.7 Å². The van der Waals surface area contributed by atoms with Gasteiger partial charge >= 0.3 is 0 Å². The molecule has 12 heavy (non-hydrogen) atoms. The number of β-lactam (4-membered cyclic amide) rings is 1. The predicted molar refractivity (Wildman–Crippen MR) is 45.3 cm³/mol. The van der Waals surface area contributed by atoms with Crippen molar-refractivity contribution in [3.8, 4) is 12.3 Å². The number of carbonyl (C=O) groups is 1. The molecule has 2 atom stereocenters. The van der Waals surface area contributed by atoms with Crippen molar-refractivity contribution in [2.45, 2.75) is 12.1 Å². The standard InChI is InChI=1S/C9H11NO2/c1-4-6-10-7(5-2)8(12-3)9(10)11/h2,4,7-8H,1,6H2,3H3/t7-,8+/m1/s1. The summed E-state index contributed by atoms with van der Waals surface area (Å²) in [5.41, 5.74) is 0. The zero-order valence-corrected chi connectivity index (χ0v) is 6.99. The summed E-state index contributed by atoms with van der Waals surface area (Å²) in [5.74, 6) is 2.44. The van der Waals surface area contributed by atoms with Crippen LogP contribution in [0.25, 0.3) is 0 Å². The molecule has 0 spiro atoms. The van der Waals surface area contributed by atoms with E-state index in [9.17, 15) is 4.79 Å². The highest BCUT2D eigenvalue weighted by atomic mass is 16.5. The molecule has 1 rings (SSSR count). The lowest BCUT2D eigenvalue weighted by atomic mass is 9.99. The van der Waals surface area contributed by atoms with E-state index in [1.165, 1.54) is 7.11 Å². The van der Waals surface area contributed by atoms with E-state index < -0.39 is 6.10 Å². The fraction of sp³-hybridized carbons (Fsp3) is 0.444. The monoisotopic (exact) mass is 165 g/mol. The minimum Gasteiger partial charge on any atom is -0.368 e. The van der Waals surface area contributed by atoms with Gasteiger partial charge in [-0.1, -0.05) is 12.0 Å². The fourth-order valence-electron chi connectivity index (χ4n) is 1.27. The number of hydrogen-bond acceptors (Lipinski definition) is 2. The smallest absolute Gasteiger partial charge is 0.256 e. The van der Waals surface area contributed by atoms with Gasteiger partial charge in [0.2, 0.25) is 0 Å². The molecule has 0 bridgehead atoms. The van der Waals surface area contributed by atoms with Crippen LogP contribution >= 0.6 is 0 Å². The molecule has 0 aromatic heterocycles. The van der Waals surface area contributed by atoms with Crippen molar-refractivity contribution in [2.24, 2.45) is 0 Å². The molecule has 1 aliphatic rings. The maximum Gasteiger partial charge on any atom is 0.256 e. The van der Waals surface area contributed by atoms with E-state index in [2.05, 4.69) is 12.5 Å². The molecule has 0 aliphatic carbocycles. The summed E-state index contributed by atoms with van der Waals surface area (Å²) < 4.78 is 4.91. The van der Waals surface area contributed by atoms with Gasteiger partial charge in [-0.2, -0.15) is 0 Å². The van der Waals surface area contributed by atoms with E-state index in [1.807, 2.05) is 0 Å². The van der Waals surface area contributed by atoms with Crippen molar-refractivity contribution in [3.63, 3.8) is 0 Å². The highest BCUT2D eigenvalue weighted by Gasteiger charge is 2.45. The molecule has 0 unspecified atom stereocenters. The Morgan fingerprint density at radius 1 is 1.92 bits per heavy atom. The molecule has 0 saturated carbocycles. The average Bonchev–Trinajstić information content (AvgIpc) is 2.09. The van der Waals surface area contributed by atoms with Gasteiger partial charge in [0.1, 0.15) is 6.04 Å². The summed E-state index contributed by atoms with van der Waals surface area (Å²) in [6.07, 6.45) is 6.42. The van der Waals surface area contributed by atoms with E-state index in [0.717, 1.165) is 0 Å². The van der Waals surface area contributed by atoms with Crippen LogP contribution in [-0.2, 0) is 9.53 Å². The highest BCUT2D eigenvalue weighted by Crippen LogP contribution is 2.21. The van der Waals surface area contributed by atoms with E-state index in [1.54, 1.807) is 11.0 Å². The molecule has 1 fully saturated rings. The summed E-state index contributed by atoms with van der Waals surface area (Å²) in [6, 6.07) is -0.222. The number of carbonyl (C=O) groups excluding carboxylic acids is 1. The lowest BCUT2D eigenvalue weighted by Gasteiger charge is -2.42. The Morgan fingerprint density at radius 2 is 2.58 bits per heavy atom. The van der Waals surface area contributed by atoms with Gasteiger partial charge < -0.3 is 9.64 Å². The van der Waals surface area contributed by atoms with Crippen molar-refractivity contribution < 1.29 is 9.53 Å². The topological polar surface area (TPSA) is 29.5 Å². The number of ether oxygens (including phenoxy) is 1. The molecule has 3 nitrogen and oxygen atoms in total. The average molecular weight is 165 g/mol. The van der Waals surface area contributed by atoms with Gasteiger partial charge in [0.05, 0.1) is 0 Å². The van der Waals surface area contributed by atoms with Gasteiger partial charge in [-0.3, -0.25) is 4.79 Å². The van der Waals surface area contributed by atoms with Gasteiger partial charge in [0.25, 0.3) is 5.91 Å². The van der Waals surface area contributed by atoms with Crippen molar-refractivity contribution in [3.05, 3.63) is 12.7 Å². The lowest BCUT2D eigenvalue weighted by Crippen LogP contribution is -2.64. The van der Waals surface area contributed by atoms with E-state index in [4.69, 9.17) is 11.2 Å². The normalized spacial score (nSPS) is 27.7. The van der Waals surface area contributed by atoms with Crippen LogP contribution in [-0.4, -0.2) is 36.6 Å². The maximum absolute atomic E-state index is 11.2. The molecular formula is C9H11NO2. The fourth-order valence-corrected chi connectivity index (χ4v) is 1.27. The first-order chi connectivity index (χ1) is 5.76. The predicted octanol–water partition coefficient (Wildman–Crippen LogP) is 0.0314. The van der Waals surface area contributed by atoms with Crippen LogP contribution in [0.1, 0.15) is 0 Å². The van der Waals surface area contributed by atoms with Gasteiger partial charge in [-0.25, -0.2) is 0 Å². The summed E-state index contributed by atoms with van der Waals surface area (Å²) >= 11 is 0. The zero-order valence-electron chi connectivity index (χ0n) is 6.99. The molecule has 1 heterocycles. The second kappa shape index (κ2) is 3.42.